The van der Waals surface area contributed by atoms with Gasteiger partial charge in [0.25, 0.3) is 0 Å². The van der Waals surface area contributed by atoms with E-state index in [1.165, 1.54) is 0 Å². The average molecular weight is 193 g/mol. The summed E-state index contributed by atoms with van der Waals surface area (Å²) in [7, 11) is 0. The van der Waals surface area contributed by atoms with Gasteiger partial charge in [-0.2, -0.15) is 0 Å². The smallest absolute Gasteiger partial charge is 0.338 e. The molecule has 2 atom stereocenters. The van der Waals surface area contributed by atoms with Gasteiger partial charge in [0.05, 0.1) is 0 Å². The van der Waals surface area contributed by atoms with Gasteiger partial charge in [0.1, 0.15) is 6.61 Å². The maximum atomic E-state index is 10.7. The Labute approximate surface area is 73.7 Å². The molecule has 0 saturated heterocycles. The third-order valence-electron chi connectivity index (χ3n) is 1.16. The lowest BCUT2D eigenvalue weighted by Gasteiger charge is -2.12. The van der Waals surface area contributed by atoms with Gasteiger partial charge in [0.2, 0.25) is 0 Å². The zero-order chi connectivity index (χ0) is 10.4. The van der Waals surface area contributed by atoms with E-state index in [1.54, 1.807) is 0 Å². The van der Waals surface area contributed by atoms with Crippen molar-refractivity contribution in [2.75, 3.05) is 13.2 Å². The third kappa shape index (κ3) is 3.83. The summed E-state index contributed by atoms with van der Waals surface area (Å²) in [6.45, 7) is -0.0795. The first-order chi connectivity index (χ1) is 6.00. The van der Waals surface area contributed by atoms with Crippen molar-refractivity contribution in [1.82, 2.24) is 0 Å². The van der Waals surface area contributed by atoms with Gasteiger partial charge < -0.3 is 25.8 Å². The van der Waals surface area contributed by atoms with Gasteiger partial charge in [-0.25, -0.2) is 9.59 Å². The van der Waals surface area contributed by atoms with Crippen molar-refractivity contribution in [2.45, 2.75) is 12.2 Å². The summed E-state index contributed by atoms with van der Waals surface area (Å²) in [5.74, 6) is -2.91. The number of ether oxygens (including phenoxy) is 1. The number of aliphatic carboxylic acids is 1. The maximum Gasteiger partial charge on any atom is 0.338 e. The van der Waals surface area contributed by atoms with E-state index < -0.39 is 24.1 Å². The lowest BCUT2D eigenvalue weighted by molar-refractivity contribution is -0.169. The number of rotatable bonds is 5. The Hall–Kier alpha value is -1.18. The molecule has 0 heterocycles. The molecule has 0 aliphatic heterocycles. The van der Waals surface area contributed by atoms with Crippen molar-refractivity contribution in [2.24, 2.45) is 5.73 Å². The number of carbonyl (C=O) groups excluding carboxylic acids is 1. The van der Waals surface area contributed by atoms with Crippen LogP contribution >= 0.6 is 0 Å². The summed E-state index contributed by atoms with van der Waals surface area (Å²) < 4.78 is 4.29. The quantitative estimate of drug-likeness (QED) is 0.349. The van der Waals surface area contributed by atoms with Crippen LogP contribution in [0.2, 0.25) is 0 Å². The highest BCUT2D eigenvalue weighted by molar-refractivity contribution is 5.84. The highest BCUT2D eigenvalue weighted by Gasteiger charge is 2.31. The Morgan fingerprint density at radius 2 is 1.85 bits per heavy atom. The lowest BCUT2D eigenvalue weighted by Crippen LogP contribution is -2.41. The van der Waals surface area contributed by atoms with Gasteiger partial charge in [0.15, 0.2) is 12.2 Å². The van der Waals surface area contributed by atoms with Crippen LogP contribution in [0.1, 0.15) is 0 Å². The molecule has 7 nitrogen and oxygen atoms in total. The Bertz CT molecular complexity index is 194. The van der Waals surface area contributed by atoms with E-state index in [0.717, 1.165) is 0 Å². The van der Waals surface area contributed by atoms with Crippen molar-refractivity contribution < 1.29 is 29.6 Å². The molecule has 0 fully saturated rings. The van der Waals surface area contributed by atoms with Crippen LogP contribution in [-0.2, 0) is 14.3 Å². The summed E-state index contributed by atoms with van der Waals surface area (Å²) in [6.07, 6.45) is -4.26. The molecule has 0 saturated carbocycles. The highest BCUT2D eigenvalue weighted by Crippen LogP contribution is 1.96. The van der Waals surface area contributed by atoms with E-state index in [1.807, 2.05) is 0 Å². The second-order valence-electron chi connectivity index (χ2n) is 2.18. The Kier molecular flexibility index (Phi) is 4.97. The van der Waals surface area contributed by atoms with Gasteiger partial charge in [-0.15, -0.1) is 0 Å². The topological polar surface area (TPSA) is 130 Å². The van der Waals surface area contributed by atoms with E-state index in [-0.39, 0.29) is 13.2 Å². The fourth-order valence-corrected chi connectivity index (χ4v) is 0.509. The minimum atomic E-state index is -2.18. The summed E-state index contributed by atoms with van der Waals surface area (Å²) in [6, 6.07) is 0. The maximum absolute atomic E-state index is 10.7. The van der Waals surface area contributed by atoms with Crippen LogP contribution in [0.25, 0.3) is 0 Å². The minimum absolute atomic E-state index is 0.0572. The normalized spacial score (nSPS) is 14.7. The number of carboxylic acids is 1. The van der Waals surface area contributed by atoms with E-state index in [2.05, 4.69) is 4.74 Å². The Morgan fingerprint density at radius 1 is 1.31 bits per heavy atom. The lowest BCUT2D eigenvalue weighted by atomic mass is 10.2. The van der Waals surface area contributed by atoms with Gasteiger partial charge in [-0.05, 0) is 0 Å². The monoisotopic (exact) mass is 193 g/mol. The largest absolute Gasteiger partial charge is 0.479 e. The first-order valence-electron chi connectivity index (χ1n) is 3.46. The van der Waals surface area contributed by atoms with Gasteiger partial charge in [-0.1, -0.05) is 0 Å². The standard InChI is InChI=1S/C6H11NO6/c7-1-2-13-6(12)4(9)3(8)5(10)11/h3-4,8-9H,1-2,7H2,(H,10,11). The van der Waals surface area contributed by atoms with Crippen LogP contribution in [-0.4, -0.2) is 52.6 Å². The molecule has 2 unspecified atom stereocenters. The molecule has 0 amide bonds. The van der Waals surface area contributed by atoms with E-state index in [9.17, 15) is 9.59 Å². The number of hydrogen-bond donors (Lipinski definition) is 4. The van der Waals surface area contributed by atoms with Crippen molar-refractivity contribution in [3.05, 3.63) is 0 Å². The number of nitrogens with two attached hydrogens (primary N) is 1. The van der Waals surface area contributed by atoms with Crippen molar-refractivity contribution >= 4 is 11.9 Å². The molecule has 5 N–H and O–H groups in total. The number of carbonyl (C=O) groups is 2. The molecule has 0 bridgehead atoms. The highest BCUT2D eigenvalue weighted by atomic mass is 16.5. The van der Waals surface area contributed by atoms with Crippen LogP contribution in [0, 0.1) is 0 Å². The first kappa shape index (κ1) is 11.8. The number of aliphatic hydroxyl groups is 2. The Morgan fingerprint density at radius 3 is 2.23 bits per heavy atom. The third-order valence-corrected chi connectivity index (χ3v) is 1.16. The molecule has 7 heteroatoms. The molecule has 0 rings (SSSR count). The number of carboxylic acid groups (broad SMARTS) is 1. The van der Waals surface area contributed by atoms with Crippen LogP contribution in [0.15, 0.2) is 0 Å². The fourth-order valence-electron chi connectivity index (χ4n) is 0.509. The molecule has 0 aromatic heterocycles. The second kappa shape index (κ2) is 5.46. The molecule has 0 aliphatic rings. The first-order valence-corrected chi connectivity index (χ1v) is 3.46. The number of hydrogen-bond acceptors (Lipinski definition) is 6. The van der Waals surface area contributed by atoms with Gasteiger partial charge >= 0.3 is 11.9 Å². The van der Waals surface area contributed by atoms with Crippen molar-refractivity contribution in [1.29, 1.82) is 0 Å². The Balaban J connectivity index is 4.01. The van der Waals surface area contributed by atoms with Crippen LogP contribution in [0.5, 0.6) is 0 Å². The molecule has 0 aromatic carbocycles. The molecule has 13 heavy (non-hydrogen) atoms. The SMILES string of the molecule is NCCOC(=O)C(O)C(O)C(=O)O. The predicted octanol–water partition coefficient (Wildman–Crippen LogP) is -2.71. The predicted molar refractivity (Wildman–Crippen MR) is 39.7 cm³/mol. The summed E-state index contributed by atoms with van der Waals surface area (Å²) in [4.78, 5) is 20.8. The fraction of sp³-hybridized carbons (Fsp3) is 0.667. The molecular formula is C6H11NO6. The van der Waals surface area contributed by atoms with Crippen LogP contribution in [0.3, 0.4) is 0 Å². The average Bonchev–Trinajstić information content (AvgIpc) is 2.11. The molecule has 0 aliphatic carbocycles. The minimum Gasteiger partial charge on any atom is -0.479 e. The van der Waals surface area contributed by atoms with E-state index in [0.29, 0.717) is 0 Å². The van der Waals surface area contributed by atoms with Crippen LogP contribution in [0.4, 0.5) is 0 Å². The molecule has 0 aromatic rings. The molecule has 0 spiro atoms. The van der Waals surface area contributed by atoms with E-state index >= 15 is 0 Å². The number of aliphatic hydroxyl groups excluding tert-OH is 2. The van der Waals surface area contributed by atoms with Crippen LogP contribution < -0.4 is 5.73 Å². The van der Waals surface area contributed by atoms with Crippen molar-refractivity contribution in [3.8, 4) is 0 Å². The molecule has 0 radical (unpaired) electrons. The molecular weight excluding hydrogens is 182 g/mol. The summed E-state index contributed by atoms with van der Waals surface area (Å²) >= 11 is 0. The summed E-state index contributed by atoms with van der Waals surface area (Å²) in [5, 5.41) is 25.7. The zero-order valence-corrected chi connectivity index (χ0v) is 6.71. The van der Waals surface area contributed by atoms with Crippen molar-refractivity contribution in [3.63, 3.8) is 0 Å². The van der Waals surface area contributed by atoms with Gasteiger partial charge in [0, 0.05) is 6.54 Å². The molecule has 76 valence electrons. The zero-order valence-electron chi connectivity index (χ0n) is 6.71. The van der Waals surface area contributed by atoms with E-state index in [4.69, 9.17) is 21.1 Å². The number of esters is 1. The second-order valence-corrected chi connectivity index (χ2v) is 2.18. The van der Waals surface area contributed by atoms with Gasteiger partial charge in [-0.3, -0.25) is 0 Å². The summed E-state index contributed by atoms with van der Waals surface area (Å²) in [5.41, 5.74) is 4.98.